The second kappa shape index (κ2) is 9.27. The van der Waals surface area contributed by atoms with Crippen LogP contribution < -0.4 is 14.8 Å². The summed E-state index contributed by atoms with van der Waals surface area (Å²) in [6.45, 7) is 11.0. The van der Waals surface area contributed by atoms with Crippen molar-refractivity contribution in [3.05, 3.63) is 58.7 Å². The lowest BCUT2D eigenvalue weighted by atomic mass is 10.1. The van der Waals surface area contributed by atoms with Crippen LogP contribution in [0.4, 0.5) is 0 Å². The Labute approximate surface area is 156 Å². The van der Waals surface area contributed by atoms with Crippen molar-refractivity contribution in [2.45, 2.75) is 47.1 Å². The molecule has 0 radical (unpaired) electrons. The van der Waals surface area contributed by atoms with Gasteiger partial charge in [0.1, 0.15) is 18.1 Å². The van der Waals surface area contributed by atoms with Crippen LogP contribution >= 0.6 is 0 Å². The molecule has 140 valence electrons. The first-order valence-corrected chi connectivity index (χ1v) is 9.11. The summed E-state index contributed by atoms with van der Waals surface area (Å²) in [5.41, 5.74) is 4.69. The lowest BCUT2D eigenvalue weighted by Gasteiger charge is -2.18. The quantitative estimate of drug-likeness (QED) is 0.719. The van der Waals surface area contributed by atoms with Gasteiger partial charge in [0.15, 0.2) is 6.10 Å². The first kappa shape index (κ1) is 19.8. The predicted octanol–water partition coefficient (Wildman–Crippen LogP) is 4.27. The van der Waals surface area contributed by atoms with Gasteiger partial charge in [-0.3, -0.25) is 4.79 Å². The first-order valence-electron chi connectivity index (χ1n) is 9.11. The van der Waals surface area contributed by atoms with E-state index in [2.05, 4.69) is 18.3 Å². The summed E-state index contributed by atoms with van der Waals surface area (Å²) in [4.78, 5) is 12.4. The van der Waals surface area contributed by atoms with Crippen molar-refractivity contribution in [3.63, 3.8) is 0 Å². The summed E-state index contributed by atoms with van der Waals surface area (Å²) in [7, 11) is 0. The van der Waals surface area contributed by atoms with E-state index in [1.807, 2.05) is 58.0 Å². The van der Waals surface area contributed by atoms with E-state index in [4.69, 9.17) is 9.47 Å². The third-order valence-electron chi connectivity index (χ3n) is 4.29. The molecule has 2 aromatic rings. The van der Waals surface area contributed by atoms with E-state index in [0.29, 0.717) is 19.6 Å². The topological polar surface area (TPSA) is 47.6 Å². The predicted molar refractivity (Wildman–Crippen MR) is 105 cm³/mol. The molecule has 1 unspecified atom stereocenters. The fraction of sp³-hybridized carbons (Fsp3) is 0.409. The number of carbonyl (C=O) groups excluding carboxylic acids is 1. The normalized spacial score (nSPS) is 11.7. The molecule has 2 rings (SSSR count). The molecule has 0 fully saturated rings. The maximum Gasteiger partial charge on any atom is 0.261 e. The van der Waals surface area contributed by atoms with Crippen LogP contribution in [0.25, 0.3) is 0 Å². The molecule has 0 spiro atoms. The minimum absolute atomic E-state index is 0.116. The summed E-state index contributed by atoms with van der Waals surface area (Å²) >= 11 is 0. The van der Waals surface area contributed by atoms with E-state index in [-0.39, 0.29) is 5.91 Å². The van der Waals surface area contributed by atoms with E-state index >= 15 is 0 Å². The maximum absolute atomic E-state index is 12.4. The maximum atomic E-state index is 12.4. The summed E-state index contributed by atoms with van der Waals surface area (Å²) in [5, 5.41) is 2.89. The molecule has 0 aliphatic rings. The van der Waals surface area contributed by atoms with Crippen LogP contribution in [0.5, 0.6) is 11.5 Å². The monoisotopic (exact) mass is 355 g/mol. The molecule has 0 aromatic heterocycles. The largest absolute Gasteiger partial charge is 0.492 e. The molecule has 0 saturated carbocycles. The number of amides is 1. The fourth-order valence-corrected chi connectivity index (χ4v) is 2.75. The molecule has 0 bridgehead atoms. The Balaban J connectivity index is 1.82. The van der Waals surface area contributed by atoms with Gasteiger partial charge in [0.05, 0.1) is 6.54 Å². The van der Waals surface area contributed by atoms with Crippen molar-refractivity contribution in [3.8, 4) is 11.5 Å². The highest BCUT2D eigenvalue weighted by atomic mass is 16.5. The molecule has 4 heteroatoms. The van der Waals surface area contributed by atoms with Crippen LogP contribution in [0.3, 0.4) is 0 Å². The fourth-order valence-electron chi connectivity index (χ4n) is 2.75. The molecule has 0 heterocycles. The van der Waals surface area contributed by atoms with Gasteiger partial charge in [-0.1, -0.05) is 19.1 Å². The van der Waals surface area contributed by atoms with Crippen LogP contribution in [0, 0.1) is 27.7 Å². The molecule has 0 saturated heterocycles. The lowest BCUT2D eigenvalue weighted by molar-refractivity contribution is -0.128. The third kappa shape index (κ3) is 5.80. The van der Waals surface area contributed by atoms with Crippen molar-refractivity contribution in [2.24, 2.45) is 0 Å². The standard InChI is InChI=1S/C22H29NO3/c1-6-21(26-19-8-7-17(4)18(5)14-19)22(24)23-9-10-25-20-12-15(2)11-16(3)13-20/h7-8,11-14,21H,6,9-10H2,1-5H3,(H,23,24). The van der Waals surface area contributed by atoms with Gasteiger partial charge in [-0.25, -0.2) is 0 Å². The molecular formula is C22H29NO3. The molecule has 1 atom stereocenters. The average Bonchev–Trinajstić information content (AvgIpc) is 2.58. The number of aryl methyl sites for hydroxylation is 4. The number of rotatable bonds is 8. The summed E-state index contributed by atoms with van der Waals surface area (Å²) in [6.07, 6.45) is 0.106. The Morgan fingerprint density at radius 2 is 1.65 bits per heavy atom. The van der Waals surface area contributed by atoms with Gasteiger partial charge in [-0.05, 0) is 80.6 Å². The van der Waals surface area contributed by atoms with Crippen LogP contribution in [-0.4, -0.2) is 25.2 Å². The van der Waals surface area contributed by atoms with Gasteiger partial charge < -0.3 is 14.8 Å². The van der Waals surface area contributed by atoms with Crippen molar-refractivity contribution < 1.29 is 14.3 Å². The van der Waals surface area contributed by atoms with Gasteiger partial charge >= 0.3 is 0 Å². The smallest absolute Gasteiger partial charge is 0.261 e. The van der Waals surface area contributed by atoms with Gasteiger partial charge in [-0.2, -0.15) is 0 Å². The van der Waals surface area contributed by atoms with E-state index in [0.717, 1.165) is 28.2 Å². The van der Waals surface area contributed by atoms with Crippen LogP contribution in [-0.2, 0) is 4.79 Å². The van der Waals surface area contributed by atoms with Gasteiger partial charge in [0, 0.05) is 0 Å². The Kier molecular flexibility index (Phi) is 7.07. The number of nitrogens with one attached hydrogen (secondary N) is 1. The molecule has 0 aliphatic carbocycles. The molecule has 0 aliphatic heterocycles. The van der Waals surface area contributed by atoms with E-state index in [9.17, 15) is 4.79 Å². The molecule has 4 nitrogen and oxygen atoms in total. The Hall–Kier alpha value is -2.49. The number of hydrogen-bond acceptors (Lipinski definition) is 3. The van der Waals surface area contributed by atoms with Crippen LogP contribution in [0.1, 0.15) is 35.6 Å². The Bertz CT molecular complexity index is 735. The lowest BCUT2D eigenvalue weighted by Crippen LogP contribution is -2.39. The minimum atomic E-state index is -0.502. The highest BCUT2D eigenvalue weighted by molar-refractivity contribution is 5.81. The second-order valence-corrected chi connectivity index (χ2v) is 6.72. The number of carbonyl (C=O) groups is 1. The van der Waals surface area contributed by atoms with Crippen molar-refractivity contribution >= 4 is 5.91 Å². The summed E-state index contributed by atoms with van der Waals surface area (Å²) in [6, 6.07) is 12.0. The van der Waals surface area contributed by atoms with Crippen molar-refractivity contribution in [1.29, 1.82) is 0 Å². The summed E-state index contributed by atoms with van der Waals surface area (Å²) < 4.78 is 11.6. The molecule has 2 aromatic carbocycles. The zero-order chi connectivity index (χ0) is 19.1. The molecule has 26 heavy (non-hydrogen) atoms. The number of ether oxygens (including phenoxy) is 2. The van der Waals surface area contributed by atoms with Crippen molar-refractivity contribution in [1.82, 2.24) is 5.32 Å². The molecule has 1 N–H and O–H groups in total. The van der Waals surface area contributed by atoms with E-state index in [1.54, 1.807) is 0 Å². The van der Waals surface area contributed by atoms with Crippen LogP contribution in [0.2, 0.25) is 0 Å². The van der Waals surface area contributed by atoms with Crippen LogP contribution in [0.15, 0.2) is 36.4 Å². The van der Waals surface area contributed by atoms with Gasteiger partial charge in [0.25, 0.3) is 5.91 Å². The highest BCUT2D eigenvalue weighted by Crippen LogP contribution is 2.19. The summed E-state index contributed by atoms with van der Waals surface area (Å²) in [5.74, 6) is 1.44. The second-order valence-electron chi connectivity index (χ2n) is 6.72. The zero-order valence-electron chi connectivity index (χ0n) is 16.4. The molecular weight excluding hydrogens is 326 g/mol. The van der Waals surface area contributed by atoms with Gasteiger partial charge in [0.2, 0.25) is 0 Å². The van der Waals surface area contributed by atoms with E-state index in [1.165, 1.54) is 5.56 Å². The van der Waals surface area contributed by atoms with Crippen molar-refractivity contribution in [2.75, 3.05) is 13.2 Å². The SMILES string of the molecule is CCC(Oc1ccc(C)c(C)c1)C(=O)NCCOc1cc(C)cc(C)c1. The third-order valence-corrected chi connectivity index (χ3v) is 4.29. The molecule has 1 amide bonds. The average molecular weight is 355 g/mol. The Morgan fingerprint density at radius 3 is 2.27 bits per heavy atom. The first-order chi connectivity index (χ1) is 12.4. The zero-order valence-corrected chi connectivity index (χ0v) is 16.4. The highest BCUT2D eigenvalue weighted by Gasteiger charge is 2.18. The number of benzene rings is 2. The van der Waals surface area contributed by atoms with E-state index < -0.39 is 6.10 Å². The van der Waals surface area contributed by atoms with Gasteiger partial charge in [-0.15, -0.1) is 0 Å². The number of hydrogen-bond donors (Lipinski definition) is 1. The Morgan fingerprint density at radius 1 is 0.962 bits per heavy atom. The minimum Gasteiger partial charge on any atom is -0.492 e.